The Kier molecular flexibility index (Phi) is 42.9. The van der Waals surface area contributed by atoms with Crippen LogP contribution in [0.5, 0.6) is 0 Å². The van der Waals surface area contributed by atoms with Crippen molar-refractivity contribution in [3.63, 3.8) is 0 Å². The van der Waals surface area contributed by atoms with E-state index < -0.39 is 45.8 Å². The Morgan fingerprint density at radius 2 is 0.893 bits per heavy atom. The maximum atomic E-state index is 12.6. The number of aliphatic hydroxyl groups excluding tert-OH is 2. The van der Waals surface area contributed by atoms with E-state index in [0.717, 1.165) is 32.1 Å². The standard InChI is InChI=1S/C46H91O9P/c1-3-5-7-9-11-13-15-17-19-21-23-25-27-29-31-33-35-37-39-52-42-45(43-54-56(50,51)53-41-44(48)40-47)55-46(49)38-36-34-32-30-28-26-24-22-20-18-16-14-12-10-8-6-4-2/h37,39,44-45,47-48H,3-36,38,40-43H2,1-2H3,(H,50,51)/b39-37-/t44-,45+/m0/s1. The topological polar surface area (TPSA) is 132 Å². The van der Waals surface area contributed by atoms with E-state index in [-0.39, 0.29) is 13.0 Å². The summed E-state index contributed by atoms with van der Waals surface area (Å²) in [5.41, 5.74) is 0. The number of phosphoric ester groups is 1. The lowest BCUT2D eigenvalue weighted by Crippen LogP contribution is -2.28. The quantitative estimate of drug-likeness (QED) is 0.0238. The van der Waals surface area contributed by atoms with Gasteiger partial charge in [0.2, 0.25) is 0 Å². The summed E-state index contributed by atoms with van der Waals surface area (Å²) in [6, 6.07) is 0. The maximum absolute atomic E-state index is 12.6. The van der Waals surface area contributed by atoms with Gasteiger partial charge in [0.1, 0.15) is 12.7 Å². The van der Waals surface area contributed by atoms with E-state index in [2.05, 4.69) is 13.8 Å². The first-order valence-corrected chi connectivity index (χ1v) is 25.2. The van der Waals surface area contributed by atoms with Crippen LogP contribution in [0.15, 0.2) is 12.3 Å². The Labute approximate surface area is 345 Å². The van der Waals surface area contributed by atoms with Crippen molar-refractivity contribution in [2.75, 3.05) is 26.4 Å². The van der Waals surface area contributed by atoms with Crippen molar-refractivity contribution < 1.29 is 43.0 Å². The molecule has 0 bridgehead atoms. The van der Waals surface area contributed by atoms with Gasteiger partial charge in [0.05, 0.1) is 26.1 Å². The molecule has 334 valence electrons. The van der Waals surface area contributed by atoms with Crippen molar-refractivity contribution >= 4 is 13.8 Å². The highest BCUT2D eigenvalue weighted by Crippen LogP contribution is 2.43. The van der Waals surface area contributed by atoms with Gasteiger partial charge in [-0.3, -0.25) is 13.8 Å². The maximum Gasteiger partial charge on any atom is 0.472 e. The second-order valence-corrected chi connectivity index (χ2v) is 17.7. The molecule has 0 fully saturated rings. The monoisotopic (exact) mass is 819 g/mol. The van der Waals surface area contributed by atoms with E-state index in [1.165, 1.54) is 186 Å². The van der Waals surface area contributed by atoms with Crippen LogP contribution >= 0.6 is 7.82 Å². The van der Waals surface area contributed by atoms with Crippen LogP contribution in [0.4, 0.5) is 0 Å². The molecule has 9 nitrogen and oxygen atoms in total. The fourth-order valence-corrected chi connectivity index (χ4v) is 7.70. The molecule has 0 aromatic heterocycles. The van der Waals surface area contributed by atoms with Gasteiger partial charge in [-0.05, 0) is 25.3 Å². The van der Waals surface area contributed by atoms with Crippen LogP contribution in [0.25, 0.3) is 0 Å². The molecule has 3 N–H and O–H groups in total. The molecule has 0 spiro atoms. The average Bonchev–Trinajstić information content (AvgIpc) is 3.19. The molecule has 1 unspecified atom stereocenters. The average molecular weight is 819 g/mol. The number of unbranched alkanes of at least 4 members (excludes halogenated alkanes) is 32. The first kappa shape index (κ1) is 55.0. The van der Waals surface area contributed by atoms with Gasteiger partial charge >= 0.3 is 13.8 Å². The molecule has 0 aliphatic heterocycles. The lowest BCUT2D eigenvalue weighted by molar-refractivity contribution is -0.153. The Hall–Kier alpha value is -0.960. The zero-order chi connectivity index (χ0) is 41.1. The zero-order valence-corrected chi connectivity index (χ0v) is 37.5. The van der Waals surface area contributed by atoms with Crippen LogP contribution in [-0.2, 0) is 27.9 Å². The molecular weight excluding hydrogens is 727 g/mol. The summed E-state index contributed by atoms with van der Waals surface area (Å²) < 4.78 is 33.2. The smallest absolute Gasteiger partial charge is 0.472 e. The van der Waals surface area contributed by atoms with Crippen molar-refractivity contribution in [2.24, 2.45) is 0 Å². The summed E-state index contributed by atoms with van der Waals surface area (Å²) in [5.74, 6) is -0.398. The highest BCUT2D eigenvalue weighted by molar-refractivity contribution is 7.47. The molecule has 0 radical (unpaired) electrons. The van der Waals surface area contributed by atoms with E-state index >= 15 is 0 Å². The molecule has 0 heterocycles. The Balaban J connectivity index is 4.13. The van der Waals surface area contributed by atoms with Gasteiger partial charge in [0.25, 0.3) is 0 Å². The molecule has 0 rings (SSSR count). The van der Waals surface area contributed by atoms with Crippen molar-refractivity contribution in [1.82, 2.24) is 0 Å². The van der Waals surface area contributed by atoms with Gasteiger partial charge in [-0.15, -0.1) is 0 Å². The first-order valence-electron chi connectivity index (χ1n) is 23.7. The predicted molar refractivity (Wildman–Crippen MR) is 233 cm³/mol. The summed E-state index contributed by atoms with van der Waals surface area (Å²) in [6.45, 7) is 2.93. The van der Waals surface area contributed by atoms with Crippen molar-refractivity contribution in [3.05, 3.63) is 12.3 Å². The molecule has 3 atom stereocenters. The van der Waals surface area contributed by atoms with E-state index in [0.29, 0.717) is 0 Å². The molecule has 0 aliphatic rings. The zero-order valence-electron chi connectivity index (χ0n) is 36.6. The third-order valence-corrected chi connectivity index (χ3v) is 11.5. The Morgan fingerprint density at radius 3 is 1.29 bits per heavy atom. The number of esters is 1. The number of ether oxygens (including phenoxy) is 2. The minimum absolute atomic E-state index is 0.0283. The summed E-state index contributed by atoms with van der Waals surface area (Å²) in [7, 11) is -4.53. The second-order valence-electron chi connectivity index (χ2n) is 16.2. The van der Waals surface area contributed by atoms with Crippen LogP contribution in [0, 0.1) is 0 Å². The van der Waals surface area contributed by atoms with E-state index in [1.54, 1.807) is 6.26 Å². The van der Waals surface area contributed by atoms with Gasteiger partial charge < -0.3 is 24.6 Å². The summed E-state index contributed by atoms with van der Waals surface area (Å²) in [5, 5.41) is 18.4. The number of aliphatic hydroxyl groups is 2. The fraction of sp³-hybridized carbons (Fsp3) is 0.935. The number of hydrogen-bond acceptors (Lipinski definition) is 8. The Morgan fingerprint density at radius 1 is 0.536 bits per heavy atom. The number of allylic oxidation sites excluding steroid dienone is 1. The summed E-state index contributed by atoms with van der Waals surface area (Å²) in [4.78, 5) is 22.6. The molecule has 0 aromatic rings. The molecule has 0 aliphatic carbocycles. The number of hydrogen-bond donors (Lipinski definition) is 3. The lowest BCUT2D eigenvalue weighted by atomic mass is 10.0. The molecule has 0 aromatic carbocycles. The highest BCUT2D eigenvalue weighted by Gasteiger charge is 2.26. The fourth-order valence-electron chi connectivity index (χ4n) is 6.91. The molecule has 56 heavy (non-hydrogen) atoms. The minimum atomic E-state index is -4.53. The van der Waals surface area contributed by atoms with Gasteiger partial charge in [0.15, 0.2) is 6.10 Å². The summed E-state index contributed by atoms with van der Waals surface area (Å²) >= 11 is 0. The number of carbonyl (C=O) groups excluding carboxylic acids is 1. The van der Waals surface area contributed by atoms with Gasteiger partial charge in [-0.1, -0.05) is 213 Å². The third kappa shape index (κ3) is 42.6. The normalized spacial score (nSPS) is 13.9. The van der Waals surface area contributed by atoms with E-state index in [4.69, 9.17) is 23.6 Å². The number of phosphoric acid groups is 1. The number of carbonyl (C=O) groups is 1. The molecular formula is C46H91O9P. The van der Waals surface area contributed by atoms with E-state index in [1.807, 2.05) is 6.08 Å². The largest absolute Gasteiger partial charge is 0.498 e. The summed E-state index contributed by atoms with van der Waals surface area (Å²) in [6.07, 6.45) is 45.5. The van der Waals surface area contributed by atoms with Crippen molar-refractivity contribution in [2.45, 2.75) is 251 Å². The van der Waals surface area contributed by atoms with Crippen LogP contribution in [-0.4, -0.2) is 59.7 Å². The van der Waals surface area contributed by atoms with Crippen molar-refractivity contribution in [3.8, 4) is 0 Å². The third-order valence-electron chi connectivity index (χ3n) is 10.5. The molecule has 0 saturated carbocycles. The van der Waals surface area contributed by atoms with Gasteiger partial charge in [0, 0.05) is 6.42 Å². The second kappa shape index (κ2) is 43.6. The SMILES string of the molecule is CCCCCCCCCCCCCCCCCC/C=C\OC[C@H](COP(=O)(O)OC[C@@H](O)CO)OC(=O)CCCCCCCCCCCCCCCCCCC. The van der Waals surface area contributed by atoms with Crippen LogP contribution in [0.1, 0.15) is 239 Å². The highest BCUT2D eigenvalue weighted by atomic mass is 31.2. The minimum Gasteiger partial charge on any atom is -0.498 e. The van der Waals surface area contributed by atoms with Gasteiger partial charge in [-0.25, -0.2) is 4.57 Å². The predicted octanol–water partition coefficient (Wildman–Crippen LogP) is 13.6. The molecule has 0 amide bonds. The molecule has 0 saturated heterocycles. The lowest BCUT2D eigenvalue weighted by Gasteiger charge is -2.20. The molecule has 10 heteroatoms. The van der Waals surface area contributed by atoms with Gasteiger partial charge in [-0.2, -0.15) is 0 Å². The van der Waals surface area contributed by atoms with Crippen molar-refractivity contribution in [1.29, 1.82) is 0 Å². The van der Waals surface area contributed by atoms with Crippen LogP contribution in [0.3, 0.4) is 0 Å². The number of rotatable bonds is 46. The van der Waals surface area contributed by atoms with E-state index in [9.17, 15) is 19.4 Å². The van der Waals surface area contributed by atoms with Crippen LogP contribution < -0.4 is 0 Å². The first-order chi connectivity index (χ1) is 27.3. The Bertz CT molecular complexity index is 887. The van der Waals surface area contributed by atoms with Crippen LogP contribution in [0.2, 0.25) is 0 Å².